The molecule has 3 N–H and O–H groups in total. The third-order valence-corrected chi connectivity index (χ3v) is 11.6. The normalized spacial score (nSPS) is 12.7. The second-order valence-corrected chi connectivity index (χ2v) is 16.5. The van der Waals surface area contributed by atoms with Gasteiger partial charge in [-0.05, 0) is 66.0 Å². The average Bonchev–Trinajstić information content (AvgIpc) is 3.22. The van der Waals surface area contributed by atoms with Crippen LogP contribution >= 0.6 is 24.4 Å². The Balaban J connectivity index is 0.00000352. The number of phenolic OH excluding ortho intramolecular Hbond substituents is 1. The van der Waals surface area contributed by atoms with Crippen molar-refractivity contribution in [2.45, 2.75) is 22.1 Å². The number of sulfone groups is 1. The number of hydrogen-bond acceptors (Lipinski definition) is 24. The van der Waals surface area contributed by atoms with Crippen LogP contribution in [0.25, 0.3) is 10.8 Å². The molecule has 0 unspecified atom stereocenters. The molecule has 0 atom stereocenters. The number of aromatic hydroxyl groups is 1. The minimum absolute atomic E-state index is 0. The molecule has 1 aliphatic heterocycles. The van der Waals surface area contributed by atoms with Crippen LogP contribution in [0.4, 0.5) is 39.0 Å². The van der Waals surface area contributed by atoms with Crippen molar-refractivity contribution in [1.82, 2.24) is 15.0 Å². The number of azo groups is 1. The zero-order valence-corrected chi connectivity index (χ0v) is 42.2. The van der Waals surface area contributed by atoms with Gasteiger partial charge in [0.05, 0.1) is 63.7 Å². The number of halogens is 1. The van der Waals surface area contributed by atoms with Gasteiger partial charge in [-0.3, -0.25) is 19.1 Å². The van der Waals surface area contributed by atoms with Gasteiger partial charge in [0.2, 0.25) is 11.9 Å². The number of fused-ring (bicyclic) bond motifs is 1. The molecule has 1 amide bonds. The van der Waals surface area contributed by atoms with Crippen LogP contribution in [0, 0.1) is 6.08 Å². The van der Waals surface area contributed by atoms with E-state index in [0.717, 1.165) is 12.1 Å². The molecule has 326 valence electrons. The van der Waals surface area contributed by atoms with E-state index in [0.29, 0.717) is 26.3 Å². The largest absolute Gasteiger partial charge is 1.00 e. The van der Waals surface area contributed by atoms with Crippen molar-refractivity contribution < 1.29 is 163 Å². The number of phenols is 1. The molecule has 0 radical (unpaired) electrons. The van der Waals surface area contributed by atoms with E-state index in [4.69, 9.17) is 8.92 Å². The van der Waals surface area contributed by atoms with Gasteiger partial charge in [0.25, 0.3) is 5.91 Å². The summed E-state index contributed by atoms with van der Waals surface area (Å²) in [5.41, 5.74) is -0.341. The predicted molar refractivity (Wildman–Crippen MR) is 207 cm³/mol. The zero-order chi connectivity index (χ0) is 42.9. The van der Waals surface area contributed by atoms with Crippen molar-refractivity contribution in [2.75, 3.05) is 54.2 Å². The molecule has 2 heterocycles. The summed E-state index contributed by atoms with van der Waals surface area (Å²) in [6.07, 6.45) is -1.21. The van der Waals surface area contributed by atoms with Crippen LogP contribution in [0.3, 0.4) is 0 Å². The Hall–Kier alpha value is -2.21. The molecule has 1 saturated heterocycles. The van der Waals surface area contributed by atoms with Crippen molar-refractivity contribution in [3.63, 3.8) is 0 Å². The third kappa shape index (κ3) is 15.7. The van der Waals surface area contributed by atoms with Crippen molar-refractivity contribution >= 4 is 95.6 Å². The maximum absolute atomic E-state index is 14.5. The second-order valence-electron chi connectivity index (χ2n) is 11.8. The Labute approximate surface area is 439 Å². The monoisotopic (exact) mass is 994 g/mol. The van der Waals surface area contributed by atoms with Gasteiger partial charge >= 0.3 is 94.8 Å². The van der Waals surface area contributed by atoms with Crippen LogP contribution in [0.15, 0.2) is 91.6 Å². The van der Waals surface area contributed by atoms with Crippen LogP contribution in [-0.2, 0) is 47.6 Å². The molecule has 1 aliphatic rings. The Morgan fingerprint density at radius 1 is 0.938 bits per heavy atom. The number of rotatable bonds is 18. The first-order valence-electron chi connectivity index (χ1n) is 16.6. The number of benzene rings is 4. The van der Waals surface area contributed by atoms with Crippen LogP contribution in [0.1, 0.15) is 17.8 Å². The van der Waals surface area contributed by atoms with E-state index in [9.17, 15) is 46.2 Å². The van der Waals surface area contributed by atoms with Gasteiger partial charge in [0, 0.05) is 29.7 Å². The van der Waals surface area contributed by atoms with Crippen molar-refractivity contribution in [1.29, 1.82) is 0 Å². The summed E-state index contributed by atoms with van der Waals surface area (Å²) < 4.78 is 95.4. The van der Waals surface area contributed by atoms with Gasteiger partial charge in [0.1, 0.15) is 15.8 Å². The first kappa shape index (κ1) is 57.9. The number of ether oxygens (including phenoxy) is 1. The second kappa shape index (κ2) is 27.0. The minimum Gasteiger partial charge on any atom is -0.744 e. The molecule has 1 aromatic heterocycles. The average molecular weight is 995 g/mol. The summed E-state index contributed by atoms with van der Waals surface area (Å²) in [6, 6.07) is 14.1. The van der Waals surface area contributed by atoms with Crippen molar-refractivity contribution in [3.8, 4) is 5.75 Å². The number of anilines is 4. The predicted octanol–water partition coefficient (Wildman–Crippen LogP) is -5.52. The molecule has 64 heavy (non-hydrogen) atoms. The molecule has 6 rings (SSSR count). The van der Waals surface area contributed by atoms with E-state index in [2.05, 4.69) is 54.6 Å². The Kier molecular flexibility index (Phi) is 24.4. The number of aromatic nitrogens is 3. The fraction of sp³-hybridized carbons (Fsp3) is 0.212. The summed E-state index contributed by atoms with van der Waals surface area (Å²) in [4.78, 5) is 24.9. The molecule has 5 aromatic rings. The Bertz CT molecular complexity index is 2630. The number of nitrogens with one attached hydrogen (secondary N) is 2. The van der Waals surface area contributed by atoms with Gasteiger partial charge in [-0.25, -0.2) is 16.8 Å². The van der Waals surface area contributed by atoms with E-state index >= 15 is 0 Å². The standard InChI is InChI=1S/C32H29FN8O15S4.CH4.3Na/c33-30-36-31(38-32(37-30)41-8-10-51-11-9-41)35-24-17-23-19(15-26(24)60(48,49)50)14-25(57-55-53-44)27(28(23)42)40-39-20-6-4-18(5-7-20)29(43)34-21-2-1-3-22(16-21)59(46,47)13-12-52-58-56-54-45;;;;/h1-7,14-17,42,44-45H,8-13H2,(H,34,43)(H,48,49,50)(H,35,36,37,38);1H4;;;/q;;3*+1/p-3. The smallest absolute Gasteiger partial charge is 0.744 e. The summed E-state index contributed by atoms with van der Waals surface area (Å²) >= 11 is 0.437. The van der Waals surface area contributed by atoms with Crippen LogP contribution < -0.4 is 115 Å². The van der Waals surface area contributed by atoms with E-state index in [1.165, 1.54) is 54.6 Å². The Morgan fingerprint density at radius 2 is 1.64 bits per heavy atom. The van der Waals surface area contributed by atoms with E-state index in [1.807, 2.05) is 0 Å². The molecule has 0 saturated carbocycles. The van der Waals surface area contributed by atoms with Crippen LogP contribution in [0.5, 0.6) is 5.75 Å². The molecule has 1 fully saturated rings. The fourth-order valence-corrected chi connectivity index (χ4v) is 7.99. The minimum atomic E-state index is -5.24. The molecular weight excluding hydrogens is 965 g/mol. The van der Waals surface area contributed by atoms with Gasteiger partial charge in [-0.15, -0.1) is 9.45 Å². The van der Waals surface area contributed by atoms with Crippen LogP contribution in [0.2, 0.25) is 0 Å². The summed E-state index contributed by atoms with van der Waals surface area (Å²) in [5.74, 6) is -2.28. The topological polar surface area (TPSA) is 321 Å². The Morgan fingerprint density at radius 3 is 2.31 bits per heavy atom. The fourth-order valence-electron chi connectivity index (χ4n) is 5.39. The number of carbonyl (C=O) groups is 1. The van der Waals surface area contributed by atoms with Gasteiger partial charge in [-0.1, -0.05) is 13.5 Å². The van der Waals surface area contributed by atoms with Crippen molar-refractivity contribution in [2.24, 2.45) is 10.2 Å². The molecule has 0 spiro atoms. The van der Waals surface area contributed by atoms with E-state index in [-0.39, 0.29) is 176 Å². The molecule has 4 aromatic carbocycles. The van der Waals surface area contributed by atoms with E-state index < -0.39 is 60.0 Å². The molecule has 23 nitrogen and oxygen atoms in total. The zero-order valence-electron chi connectivity index (χ0n) is 33.0. The first-order chi connectivity index (χ1) is 28.7. The van der Waals surface area contributed by atoms with Gasteiger partial charge in [-0.2, -0.15) is 28.8 Å². The molecular formula is C33H30FN8Na3O15S4. The molecule has 0 aliphatic carbocycles. The maximum Gasteiger partial charge on any atom is 1.00 e. The van der Waals surface area contributed by atoms with Gasteiger partial charge < -0.3 is 40.4 Å². The van der Waals surface area contributed by atoms with E-state index in [1.54, 1.807) is 4.90 Å². The molecule has 0 bridgehead atoms. The number of morpholine rings is 1. The van der Waals surface area contributed by atoms with Crippen molar-refractivity contribution in [3.05, 3.63) is 78.4 Å². The summed E-state index contributed by atoms with van der Waals surface area (Å²) in [7, 11) is -9.10. The first-order valence-corrected chi connectivity index (χ1v) is 21.1. The van der Waals surface area contributed by atoms with Crippen LogP contribution in [-0.4, -0.2) is 86.0 Å². The number of carbonyl (C=O) groups excluding carboxylic acids is 1. The summed E-state index contributed by atoms with van der Waals surface area (Å²) in [6.45, 7) is 0.960. The maximum atomic E-state index is 14.5. The number of hydrogen-bond donors (Lipinski definition) is 3. The third-order valence-electron chi connectivity index (χ3n) is 8.09. The number of nitrogens with zero attached hydrogens (tertiary/aromatic N) is 6. The quantitative estimate of drug-likeness (QED) is 0.0140. The number of amides is 1. The molecule has 31 heteroatoms. The summed E-state index contributed by atoms with van der Waals surface area (Å²) in [5, 5.41) is 51.5. The van der Waals surface area contributed by atoms with Gasteiger partial charge in [0.15, 0.2) is 27.9 Å². The SMILES string of the molecule is C.O=C(Nc1cccc(S(=O)(=O)CCOSOO[O-])c1)c1ccc(N=Nc2c(SOO[O-])cc3cc(S(=O)(=O)[O-])c(Nc4nc(F)nc(N5CCOCC5)n4)cc3c2O)cc1.[Na+].[Na+].[Na+].